The highest BCUT2D eigenvalue weighted by Gasteiger charge is 2.15. The van der Waals surface area contributed by atoms with Crippen molar-refractivity contribution in [3.8, 4) is 5.75 Å². The molecule has 5 heteroatoms. The fraction of sp³-hybridized carbons (Fsp3) is 0.471. The average Bonchev–Trinajstić information content (AvgIpc) is 2.47. The minimum absolute atomic E-state index is 0.00271. The van der Waals surface area contributed by atoms with Crippen molar-refractivity contribution in [1.29, 1.82) is 0 Å². The van der Waals surface area contributed by atoms with Crippen molar-refractivity contribution in [3.05, 3.63) is 41.2 Å². The van der Waals surface area contributed by atoms with Gasteiger partial charge in [0.25, 0.3) is 0 Å². The van der Waals surface area contributed by atoms with Crippen LogP contribution in [0.2, 0.25) is 0 Å². The molecule has 0 bridgehead atoms. The SMILES string of the molecule is CCOC(=O)Cc1cc(F)ccc1OC(C)/C(=C/CBr)CC. The molecule has 0 aliphatic rings. The lowest BCUT2D eigenvalue weighted by Crippen LogP contribution is -2.17. The van der Waals surface area contributed by atoms with Crippen LogP contribution in [0, 0.1) is 5.82 Å². The monoisotopic (exact) mass is 372 g/mol. The van der Waals surface area contributed by atoms with Gasteiger partial charge in [-0.05, 0) is 44.0 Å². The molecule has 0 N–H and O–H groups in total. The van der Waals surface area contributed by atoms with Gasteiger partial charge < -0.3 is 9.47 Å². The van der Waals surface area contributed by atoms with Crippen LogP contribution in [0.25, 0.3) is 0 Å². The first-order valence-corrected chi connectivity index (χ1v) is 8.49. The van der Waals surface area contributed by atoms with Crippen molar-refractivity contribution >= 4 is 21.9 Å². The van der Waals surface area contributed by atoms with Gasteiger partial charge in [0.15, 0.2) is 0 Å². The fourth-order valence-corrected chi connectivity index (χ4v) is 2.55. The molecule has 0 aliphatic carbocycles. The summed E-state index contributed by atoms with van der Waals surface area (Å²) < 4.78 is 24.3. The molecule has 1 unspecified atom stereocenters. The Morgan fingerprint density at radius 2 is 2.14 bits per heavy atom. The van der Waals surface area contributed by atoms with Crippen LogP contribution in [0.15, 0.2) is 29.8 Å². The molecule has 0 fully saturated rings. The second-order valence-electron chi connectivity index (χ2n) is 4.78. The number of allylic oxidation sites excluding steroid dienone is 1. The lowest BCUT2D eigenvalue weighted by atomic mass is 10.1. The largest absolute Gasteiger partial charge is 0.486 e. The van der Waals surface area contributed by atoms with E-state index in [-0.39, 0.29) is 12.5 Å². The van der Waals surface area contributed by atoms with Crippen molar-refractivity contribution in [2.24, 2.45) is 0 Å². The highest BCUT2D eigenvalue weighted by atomic mass is 79.9. The number of halogens is 2. The van der Waals surface area contributed by atoms with E-state index in [2.05, 4.69) is 28.9 Å². The number of alkyl halides is 1. The number of benzene rings is 1. The molecule has 0 saturated heterocycles. The first-order valence-electron chi connectivity index (χ1n) is 7.37. The van der Waals surface area contributed by atoms with E-state index in [1.807, 2.05) is 6.92 Å². The molecule has 22 heavy (non-hydrogen) atoms. The summed E-state index contributed by atoms with van der Waals surface area (Å²) in [6, 6.07) is 4.21. The van der Waals surface area contributed by atoms with Crippen LogP contribution < -0.4 is 4.74 Å². The van der Waals surface area contributed by atoms with E-state index in [0.29, 0.717) is 17.9 Å². The maximum absolute atomic E-state index is 13.4. The van der Waals surface area contributed by atoms with Gasteiger partial charge in [0.05, 0.1) is 13.0 Å². The lowest BCUT2D eigenvalue weighted by Gasteiger charge is -2.19. The van der Waals surface area contributed by atoms with Gasteiger partial charge in [-0.25, -0.2) is 4.39 Å². The fourth-order valence-electron chi connectivity index (χ4n) is 2.13. The van der Waals surface area contributed by atoms with Crippen molar-refractivity contribution in [2.45, 2.75) is 39.7 Å². The third kappa shape index (κ3) is 5.79. The zero-order valence-corrected chi connectivity index (χ0v) is 14.8. The Bertz CT molecular complexity index is 529. The van der Waals surface area contributed by atoms with Crippen LogP contribution >= 0.6 is 15.9 Å². The molecular weight excluding hydrogens is 351 g/mol. The van der Waals surface area contributed by atoms with Gasteiger partial charge in [-0.15, -0.1) is 0 Å². The van der Waals surface area contributed by atoms with Gasteiger partial charge in [0, 0.05) is 10.9 Å². The Kier molecular flexibility index (Phi) is 8.17. The van der Waals surface area contributed by atoms with Gasteiger partial charge in [0.1, 0.15) is 17.7 Å². The Hall–Kier alpha value is -1.36. The summed E-state index contributed by atoms with van der Waals surface area (Å²) in [4.78, 5) is 11.6. The summed E-state index contributed by atoms with van der Waals surface area (Å²) in [5.41, 5.74) is 1.64. The lowest BCUT2D eigenvalue weighted by molar-refractivity contribution is -0.142. The van der Waals surface area contributed by atoms with E-state index in [0.717, 1.165) is 17.3 Å². The Labute approximate surface area is 139 Å². The zero-order chi connectivity index (χ0) is 16.5. The first kappa shape index (κ1) is 18.7. The summed E-state index contributed by atoms with van der Waals surface area (Å²) in [6.45, 7) is 6.03. The molecule has 1 aromatic rings. The van der Waals surface area contributed by atoms with E-state index in [9.17, 15) is 9.18 Å². The second kappa shape index (κ2) is 9.62. The van der Waals surface area contributed by atoms with Crippen molar-refractivity contribution in [1.82, 2.24) is 0 Å². The summed E-state index contributed by atoms with van der Waals surface area (Å²) in [7, 11) is 0. The van der Waals surface area contributed by atoms with Gasteiger partial charge in [-0.2, -0.15) is 0 Å². The normalized spacial score (nSPS) is 12.9. The smallest absolute Gasteiger partial charge is 0.310 e. The molecule has 0 radical (unpaired) electrons. The Balaban J connectivity index is 2.94. The van der Waals surface area contributed by atoms with Gasteiger partial charge in [-0.3, -0.25) is 4.79 Å². The van der Waals surface area contributed by atoms with Gasteiger partial charge >= 0.3 is 5.97 Å². The van der Waals surface area contributed by atoms with E-state index in [1.165, 1.54) is 12.1 Å². The third-order valence-corrected chi connectivity index (χ3v) is 3.56. The molecule has 0 amide bonds. The molecule has 1 aromatic carbocycles. The van der Waals surface area contributed by atoms with Crippen LogP contribution in [-0.2, 0) is 16.0 Å². The maximum Gasteiger partial charge on any atom is 0.310 e. The van der Waals surface area contributed by atoms with Crippen molar-refractivity contribution < 1.29 is 18.7 Å². The van der Waals surface area contributed by atoms with Crippen LogP contribution in [0.5, 0.6) is 5.75 Å². The molecule has 0 aliphatic heterocycles. The van der Waals surface area contributed by atoms with Gasteiger partial charge in [-0.1, -0.05) is 28.9 Å². The maximum atomic E-state index is 13.4. The van der Waals surface area contributed by atoms with Crippen LogP contribution in [-0.4, -0.2) is 24.0 Å². The molecule has 122 valence electrons. The summed E-state index contributed by atoms with van der Waals surface area (Å²) in [5, 5.41) is 0.753. The molecule has 0 saturated carbocycles. The minimum Gasteiger partial charge on any atom is -0.486 e. The van der Waals surface area contributed by atoms with Crippen LogP contribution in [0.3, 0.4) is 0 Å². The molecular formula is C17H22BrFO3. The zero-order valence-electron chi connectivity index (χ0n) is 13.2. The van der Waals surface area contributed by atoms with E-state index in [4.69, 9.17) is 9.47 Å². The Morgan fingerprint density at radius 3 is 2.73 bits per heavy atom. The van der Waals surface area contributed by atoms with E-state index < -0.39 is 11.8 Å². The van der Waals surface area contributed by atoms with Crippen LogP contribution in [0.4, 0.5) is 4.39 Å². The van der Waals surface area contributed by atoms with E-state index >= 15 is 0 Å². The van der Waals surface area contributed by atoms with Gasteiger partial charge in [0.2, 0.25) is 0 Å². The third-order valence-electron chi connectivity index (χ3n) is 3.24. The van der Waals surface area contributed by atoms with E-state index in [1.54, 1.807) is 13.0 Å². The number of carbonyl (C=O) groups is 1. The predicted molar refractivity (Wildman–Crippen MR) is 89.0 cm³/mol. The molecule has 0 spiro atoms. The standard InChI is InChI=1S/C17H22BrFO3/c1-4-13(8-9-18)12(3)22-16-7-6-15(19)10-14(16)11-17(20)21-5-2/h6-8,10,12H,4-5,9,11H2,1-3H3/b13-8+. The highest BCUT2D eigenvalue weighted by molar-refractivity contribution is 9.09. The average molecular weight is 373 g/mol. The number of hydrogen-bond donors (Lipinski definition) is 0. The summed E-state index contributed by atoms with van der Waals surface area (Å²) in [6.07, 6.45) is 2.77. The molecule has 1 rings (SSSR count). The summed E-state index contributed by atoms with van der Waals surface area (Å²) in [5.74, 6) is -0.279. The number of esters is 1. The van der Waals surface area contributed by atoms with Crippen LogP contribution in [0.1, 0.15) is 32.8 Å². The quantitative estimate of drug-likeness (QED) is 0.384. The summed E-state index contributed by atoms with van der Waals surface area (Å²) >= 11 is 3.38. The second-order valence-corrected chi connectivity index (χ2v) is 5.43. The molecule has 1 atom stereocenters. The Morgan fingerprint density at radius 1 is 1.41 bits per heavy atom. The highest BCUT2D eigenvalue weighted by Crippen LogP contribution is 2.24. The number of rotatable bonds is 8. The molecule has 3 nitrogen and oxygen atoms in total. The minimum atomic E-state index is -0.397. The topological polar surface area (TPSA) is 35.5 Å². The van der Waals surface area contributed by atoms with Crippen molar-refractivity contribution in [3.63, 3.8) is 0 Å². The number of carbonyl (C=O) groups excluding carboxylic acids is 1. The number of hydrogen-bond acceptors (Lipinski definition) is 3. The molecule has 0 heterocycles. The predicted octanol–water partition coefficient (Wildman–Crippen LogP) is 4.43. The first-order chi connectivity index (χ1) is 10.5. The molecule has 0 aromatic heterocycles. The van der Waals surface area contributed by atoms with Crippen molar-refractivity contribution in [2.75, 3.05) is 11.9 Å². The number of ether oxygens (including phenoxy) is 2.